The Hall–Kier alpha value is -2.68. The molecule has 1 aromatic rings. The number of hydrogen-bond donors (Lipinski definition) is 0. The number of amides is 1. The van der Waals surface area contributed by atoms with Crippen molar-refractivity contribution in [3.63, 3.8) is 0 Å². The molecule has 1 amide bonds. The lowest BCUT2D eigenvalue weighted by Crippen LogP contribution is -2.41. The number of guanidine groups is 1. The van der Waals surface area contributed by atoms with E-state index in [0.717, 1.165) is 17.5 Å². The second-order valence-corrected chi connectivity index (χ2v) is 6.60. The predicted octanol–water partition coefficient (Wildman–Crippen LogP) is 2.00. The van der Waals surface area contributed by atoms with Gasteiger partial charge in [-0.3, -0.25) is 0 Å². The summed E-state index contributed by atoms with van der Waals surface area (Å²) in [6.07, 6.45) is 0.234. The Balaban J connectivity index is 1.74. The zero-order chi connectivity index (χ0) is 18.7. The third-order valence-electron chi connectivity index (χ3n) is 4.54. The molecule has 0 aromatic heterocycles. The van der Waals surface area contributed by atoms with Crippen LogP contribution in [0.4, 0.5) is 4.79 Å². The Morgan fingerprint density at radius 2 is 2.23 bits per heavy atom. The van der Waals surface area contributed by atoms with Crippen LogP contribution in [0.2, 0.25) is 0 Å². The summed E-state index contributed by atoms with van der Waals surface area (Å²) in [6.45, 7) is 6.45. The van der Waals surface area contributed by atoms with E-state index in [1.54, 1.807) is 11.0 Å². The van der Waals surface area contributed by atoms with Gasteiger partial charge in [0.1, 0.15) is 10.9 Å². The molecule has 2 fully saturated rings. The summed E-state index contributed by atoms with van der Waals surface area (Å²) in [7, 11) is 0. The Morgan fingerprint density at radius 3 is 2.88 bits per heavy atom. The van der Waals surface area contributed by atoms with Gasteiger partial charge in [0.15, 0.2) is 5.03 Å². The monoisotopic (exact) mass is 362 g/mol. The molecule has 0 radical (unpaired) electrons. The van der Waals surface area contributed by atoms with Crippen molar-refractivity contribution < 1.29 is 19.3 Å². The highest BCUT2D eigenvalue weighted by atomic mass is 16.7. The quantitative estimate of drug-likeness (QED) is 0.600. The minimum absolute atomic E-state index is 0.0247. The summed E-state index contributed by atoms with van der Waals surface area (Å²) in [5.41, 5.74) is 1.88. The van der Waals surface area contributed by atoms with Crippen molar-refractivity contribution in [2.45, 2.75) is 20.3 Å². The van der Waals surface area contributed by atoms with Gasteiger partial charge in [-0.2, -0.15) is 0 Å². The van der Waals surface area contributed by atoms with Gasteiger partial charge >= 0.3 is 6.09 Å². The molecule has 0 saturated carbocycles. The Labute approximate surface area is 151 Å². The van der Waals surface area contributed by atoms with Gasteiger partial charge in [-0.15, -0.1) is 0 Å². The van der Waals surface area contributed by atoms with Gasteiger partial charge in [0, 0.05) is 25.6 Å². The smallest absolute Gasteiger partial charge is 0.410 e. The van der Waals surface area contributed by atoms with E-state index in [9.17, 15) is 14.9 Å². The number of hydrazone groups is 1. The summed E-state index contributed by atoms with van der Waals surface area (Å²) < 4.78 is 10.8. The molecule has 3 rings (SSSR count). The first kappa shape index (κ1) is 18.1. The predicted molar refractivity (Wildman–Crippen MR) is 93.6 cm³/mol. The highest BCUT2D eigenvalue weighted by Gasteiger charge is 2.37. The van der Waals surface area contributed by atoms with Gasteiger partial charge in [0.25, 0.3) is 5.96 Å². The van der Waals surface area contributed by atoms with Crippen LogP contribution in [-0.4, -0.2) is 59.7 Å². The number of carbonyl (C=O) groups excluding carboxylic acids is 1. The molecule has 0 aliphatic carbocycles. The first-order valence-corrected chi connectivity index (χ1v) is 8.56. The van der Waals surface area contributed by atoms with Gasteiger partial charge in [0.2, 0.25) is 0 Å². The second kappa shape index (κ2) is 7.69. The summed E-state index contributed by atoms with van der Waals surface area (Å²) in [6, 6.07) is 5.47. The molecule has 2 aliphatic heterocycles. The molecule has 9 heteroatoms. The molecule has 1 unspecified atom stereocenters. The standard InChI is InChI=1S/C17H22N4O5/c1-12-3-4-15(13(2)9-12)26-17(22)20-7-6-19(16(20)18-21(23)24)10-14-5-8-25-11-14/h3-4,9,14H,5-8,10-11H2,1-2H3. The number of rotatable bonds is 4. The topological polar surface area (TPSA) is 97.5 Å². The van der Waals surface area contributed by atoms with Crippen molar-refractivity contribution in [2.24, 2.45) is 11.0 Å². The molecule has 2 aliphatic rings. The van der Waals surface area contributed by atoms with E-state index in [1.165, 1.54) is 4.90 Å². The third kappa shape index (κ3) is 4.10. The summed E-state index contributed by atoms with van der Waals surface area (Å²) in [4.78, 5) is 26.5. The normalized spacial score (nSPS) is 21.5. The first-order chi connectivity index (χ1) is 12.4. The number of hydrogen-bond acceptors (Lipinski definition) is 5. The van der Waals surface area contributed by atoms with Crippen molar-refractivity contribution in [1.82, 2.24) is 9.80 Å². The highest BCUT2D eigenvalue weighted by molar-refractivity contribution is 5.96. The second-order valence-electron chi connectivity index (χ2n) is 6.60. The molecule has 0 N–H and O–H groups in total. The number of benzene rings is 1. The third-order valence-corrected chi connectivity index (χ3v) is 4.54. The molecule has 140 valence electrons. The lowest BCUT2D eigenvalue weighted by Gasteiger charge is -2.21. The van der Waals surface area contributed by atoms with E-state index in [-0.39, 0.29) is 11.9 Å². The summed E-state index contributed by atoms with van der Waals surface area (Å²) in [5, 5.41) is 13.6. The SMILES string of the molecule is Cc1ccc(OC(=O)N2CCN(CC3CCOC3)C2=N[N+](=O)[O-])c(C)c1. The molecule has 9 nitrogen and oxygen atoms in total. The summed E-state index contributed by atoms with van der Waals surface area (Å²) in [5.74, 6) is 0.739. The number of nitro groups is 1. The molecule has 2 heterocycles. The molecule has 1 atom stereocenters. The van der Waals surface area contributed by atoms with Crippen molar-refractivity contribution in [3.05, 3.63) is 39.4 Å². The number of nitrogens with zero attached hydrogens (tertiary/aromatic N) is 4. The molecular weight excluding hydrogens is 340 g/mol. The van der Waals surface area contributed by atoms with Crippen LogP contribution >= 0.6 is 0 Å². The van der Waals surface area contributed by atoms with Gasteiger partial charge in [-0.25, -0.2) is 19.8 Å². The molecule has 1 aromatic carbocycles. The lowest BCUT2D eigenvalue weighted by molar-refractivity contribution is -0.486. The maximum Gasteiger partial charge on any atom is 0.422 e. The van der Waals surface area contributed by atoms with Gasteiger partial charge in [-0.1, -0.05) is 17.7 Å². The van der Waals surface area contributed by atoms with Gasteiger partial charge < -0.3 is 14.4 Å². The van der Waals surface area contributed by atoms with Crippen LogP contribution in [0.15, 0.2) is 23.3 Å². The number of aryl methyl sites for hydroxylation is 2. The molecule has 26 heavy (non-hydrogen) atoms. The van der Waals surface area contributed by atoms with Crippen LogP contribution in [0.25, 0.3) is 0 Å². The van der Waals surface area contributed by atoms with E-state index in [2.05, 4.69) is 5.10 Å². The first-order valence-electron chi connectivity index (χ1n) is 8.56. The van der Waals surface area contributed by atoms with Crippen LogP contribution in [-0.2, 0) is 4.74 Å². The molecular formula is C17H22N4O5. The van der Waals surface area contributed by atoms with Gasteiger partial charge in [0.05, 0.1) is 13.2 Å². The van der Waals surface area contributed by atoms with Crippen LogP contribution < -0.4 is 4.74 Å². The minimum Gasteiger partial charge on any atom is -0.410 e. The average Bonchev–Trinajstić information content (AvgIpc) is 3.21. The maximum absolute atomic E-state index is 12.6. The van der Waals surface area contributed by atoms with Crippen LogP contribution in [0.1, 0.15) is 17.5 Å². The average molecular weight is 362 g/mol. The lowest BCUT2D eigenvalue weighted by atomic mass is 10.1. The van der Waals surface area contributed by atoms with E-state index in [4.69, 9.17) is 9.47 Å². The van der Waals surface area contributed by atoms with E-state index >= 15 is 0 Å². The Kier molecular flexibility index (Phi) is 5.36. The molecule has 2 saturated heterocycles. The van der Waals surface area contributed by atoms with E-state index < -0.39 is 11.1 Å². The highest BCUT2D eigenvalue weighted by Crippen LogP contribution is 2.22. The zero-order valence-electron chi connectivity index (χ0n) is 14.9. The fourth-order valence-corrected chi connectivity index (χ4v) is 3.23. The largest absolute Gasteiger partial charge is 0.422 e. The van der Waals surface area contributed by atoms with Crippen molar-refractivity contribution in [2.75, 3.05) is 32.8 Å². The van der Waals surface area contributed by atoms with Crippen LogP contribution in [0.5, 0.6) is 5.75 Å². The van der Waals surface area contributed by atoms with Crippen molar-refractivity contribution in [1.29, 1.82) is 0 Å². The number of carbonyl (C=O) groups is 1. The minimum atomic E-state index is -0.782. The van der Waals surface area contributed by atoms with Gasteiger partial charge in [-0.05, 0) is 31.9 Å². The zero-order valence-corrected chi connectivity index (χ0v) is 14.9. The van der Waals surface area contributed by atoms with Crippen molar-refractivity contribution >= 4 is 12.1 Å². The Bertz CT molecular complexity index is 730. The van der Waals surface area contributed by atoms with E-state index in [0.29, 0.717) is 38.6 Å². The van der Waals surface area contributed by atoms with Crippen LogP contribution in [0, 0.1) is 29.9 Å². The Morgan fingerprint density at radius 1 is 1.42 bits per heavy atom. The summed E-state index contributed by atoms with van der Waals surface area (Å²) >= 11 is 0. The maximum atomic E-state index is 12.6. The van der Waals surface area contributed by atoms with E-state index in [1.807, 2.05) is 26.0 Å². The van der Waals surface area contributed by atoms with Crippen molar-refractivity contribution in [3.8, 4) is 5.75 Å². The fraction of sp³-hybridized carbons (Fsp3) is 0.529. The van der Waals surface area contributed by atoms with Crippen LogP contribution in [0.3, 0.4) is 0 Å². The molecule has 0 bridgehead atoms. The number of ether oxygens (including phenoxy) is 2. The fourth-order valence-electron chi connectivity index (χ4n) is 3.23. The molecule has 0 spiro atoms.